The lowest BCUT2D eigenvalue weighted by Gasteiger charge is -2.18. The summed E-state index contributed by atoms with van der Waals surface area (Å²) in [5.41, 5.74) is -1.31. The summed E-state index contributed by atoms with van der Waals surface area (Å²) in [5, 5.41) is 14.1. The van der Waals surface area contributed by atoms with E-state index >= 15 is 0 Å². The highest BCUT2D eigenvalue weighted by atomic mass is 16.7. The molecule has 0 saturated heterocycles. The SMILES string of the molecule is CCOC(=O)CNC(=O)/C(C#N)=N/OCC(=O)OC(C)(C)C. The molecule has 0 bridgehead atoms. The minimum atomic E-state index is -0.917. The van der Waals surface area contributed by atoms with Crippen molar-refractivity contribution in [3.05, 3.63) is 0 Å². The van der Waals surface area contributed by atoms with Gasteiger partial charge in [0.25, 0.3) is 5.91 Å². The molecule has 0 unspecified atom stereocenters. The molecule has 1 N–H and O–H groups in total. The van der Waals surface area contributed by atoms with Gasteiger partial charge < -0.3 is 19.6 Å². The van der Waals surface area contributed by atoms with E-state index in [2.05, 4.69) is 20.0 Å². The average molecular weight is 313 g/mol. The van der Waals surface area contributed by atoms with Crippen LogP contribution in [0.4, 0.5) is 0 Å². The van der Waals surface area contributed by atoms with Gasteiger partial charge in [-0.25, -0.2) is 4.79 Å². The van der Waals surface area contributed by atoms with Crippen LogP contribution in [0.1, 0.15) is 27.7 Å². The molecule has 0 aliphatic heterocycles. The standard InChI is InChI=1S/C13H19N3O6/c1-5-20-10(17)7-15-12(19)9(6-14)16-21-8-11(18)22-13(2,3)4/h5,7-8H2,1-4H3,(H,15,19)/b16-9+. The van der Waals surface area contributed by atoms with Gasteiger partial charge in [0.1, 0.15) is 18.2 Å². The van der Waals surface area contributed by atoms with Gasteiger partial charge in [0.15, 0.2) is 0 Å². The number of rotatable bonds is 7. The molecule has 0 fully saturated rings. The summed E-state index contributed by atoms with van der Waals surface area (Å²) in [7, 11) is 0. The van der Waals surface area contributed by atoms with Gasteiger partial charge in [-0.3, -0.25) is 9.59 Å². The Morgan fingerprint density at radius 2 is 1.86 bits per heavy atom. The van der Waals surface area contributed by atoms with Crippen LogP contribution in [0, 0.1) is 11.3 Å². The maximum Gasteiger partial charge on any atom is 0.347 e. The number of oxime groups is 1. The Balaban J connectivity index is 4.34. The minimum Gasteiger partial charge on any atom is -0.465 e. The van der Waals surface area contributed by atoms with Crippen molar-refractivity contribution in [1.29, 1.82) is 5.26 Å². The summed E-state index contributed by atoms with van der Waals surface area (Å²) in [6, 6.07) is 1.49. The fraction of sp³-hybridized carbons (Fsp3) is 0.615. The minimum absolute atomic E-state index is 0.174. The highest BCUT2D eigenvalue weighted by molar-refractivity contribution is 6.45. The molecule has 0 atom stereocenters. The van der Waals surface area contributed by atoms with Crippen molar-refractivity contribution in [3.63, 3.8) is 0 Å². The molecule has 1 amide bonds. The molecule has 0 aromatic heterocycles. The van der Waals surface area contributed by atoms with E-state index in [1.807, 2.05) is 0 Å². The van der Waals surface area contributed by atoms with Crippen LogP contribution < -0.4 is 5.32 Å². The first kappa shape index (κ1) is 19.4. The van der Waals surface area contributed by atoms with E-state index in [1.165, 1.54) is 6.07 Å². The molecule has 0 spiro atoms. The van der Waals surface area contributed by atoms with Crippen LogP contribution in [0.15, 0.2) is 5.16 Å². The predicted molar refractivity (Wildman–Crippen MR) is 74.5 cm³/mol. The van der Waals surface area contributed by atoms with Crippen LogP contribution in [0.25, 0.3) is 0 Å². The molecule has 9 heteroatoms. The number of ether oxygens (including phenoxy) is 2. The topological polar surface area (TPSA) is 127 Å². The zero-order chi connectivity index (χ0) is 17.2. The molecular weight excluding hydrogens is 294 g/mol. The number of amides is 1. The summed E-state index contributed by atoms with van der Waals surface area (Å²) in [6.45, 7) is 5.87. The maximum absolute atomic E-state index is 11.5. The first-order valence-electron chi connectivity index (χ1n) is 6.45. The Bertz CT molecular complexity index is 487. The highest BCUT2D eigenvalue weighted by Gasteiger charge is 2.17. The van der Waals surface area contributed by atoms with Crippen molar-refractivity contribution in [2.45, 2.75) is 33.3 Å². The van der Waals surface area contributed by atoms with Gasteiger partial charge >= 0.3 is 11.9 Å². The van der Waals surface area contributed by atoms with Gasteiger partial charge in [-0.1, -0.05) is 5.16 Å². The second kappa shape index (κ2) is 9.33. The van der Waals surface area contributed by atoms with Gasteiger partial charge in [-0.15, -0.1) is 0 Å². The molecule has 122 valence electrons. The molecule has 22 heavy (non-hydrogen) atoms. The summed E-state index contributed by atoms with van der Waals surface area (Å²) < 4.78 is 9.54. The van der Waals surface area contributed by atoms with Gasteiger partial charge in [0.2, 0.25) is 12.3 Å². The fourth-order valence-corrected chi connectivity index (χ4v) is 1.08. The second-order valence-corrected chi connectivity index (χ2v) is 4.90. The number of nitrogens with zero attached hydrogens (tertiary/aromatic N) is 2. The third-order valence-electron chi connectivity index (χ3n) is 1.78. The van der Waals surface area contributed by atoms with Crippen LogP contribution in [0.2, 0.25) is 0 Å². The summed E-state index contributed by atoms with van der Waals surface area (Å²) >= 11 is 0. The molecule has 0 aromatic carbocycles. The molecular formula is C13H19N3O6. The zero-order valence-corrected chi connectivity index (χ0v) is 13.0. The fourth-order valence-electron chi connectivity index (χ4n) is 1.08. The normalized spacial score (nSPS) is 11.1. The van der Waals surface area contributed by atoms with Crippen molar-refractivity contribution in [2.24, 2.45) is 5.16 Å². The Hall–Kier alpha value is -2.63. The Morgan fingerprint density at radius 1 is 1.23 bits per heavy atom. The summed E-state index contributed by atoms with van der Waals surface area (Å²) in [4.78, 5) is 38.5. The van der Waals surface area contributed by atoms with Crippen molar-refractivity contribution in [2.75, 3.05) is 19.8 Å². The third kappa shape index (κ3) is 9.30. The lowest BCUT2D eigenvalue weighted by Crippen LogP contribution is -2.35. The number of nitriles is 1. The maximum atomic E-state index is 11.5. The number of carbonyl (C=O) groups is 3. The van der Waals surface area contributed by atoms with Crippen LogP contribution in [0.5, 0.6) is 0 Å². The molecule has 0 radical (unpaired) electrons. The summed E-state index contributed by atoms with van der Waals surface area (Å²) in [5.74, 6) is -2.26. The molecule has 0 aliphatic rings. The average Bonchev–Trinajstić information content (AvgIpc) is 2.39. The van der Waals surface area contributed by atoms with E-state index in [9.17, 15) is 14.4 Å². The van der Waals surface area contributed by atoms with Crippen LogP contribution in [-0.4, -0.2) is 48.9 Å². The van der Waals surface area contributed by atoms with Gasteiger partial charge in [0.05, 0.1) is 6.61 Å². The van der Waals surface area contributed by atoms with E-state index < -0.39 is 42.3 Å². The van der Waals surface area contributed by atoms with E-state index in [4.69, 9.17) is 10.00 Å². The van der Waals surface area contributed by atoms with Gasteiger partial charge in [0, 0.05) is 0 Å². The number of hydrogen-bond donors (Lipinski definition) is 1. The Kier molecular flexibility index (Phi) is 8.22. The van der Waals surface area contributed by atoms with E-state index in [1.54, 1.807) is 27.7 Å². The van der Waals surface area contributed by atoms with Crippen molar-refractivity contribution in [1.82, 2.24) is 5.32 Å². The lowest BCUT2D eigenvalue weighted by molar-refractivity contribution is -0.160. The first-order valence-corrected chi connectivity index (χ1v) is 6.45. The van der Waals surface area contributed by atoms with Crippen LogP contribution >= 0.6 is 0 Å². The van der Waals surface area contributed by atoms with E-state index in [0.717, 1.165) is 0 Å². The van der Waals surface area contributed by atoms with Crippen molar-refractivity contribution in [3.8, 4) is 6.07 Å². The largest absolute Gasteiger partial charge is 0.465 e. The van der Waals surface area contributed by atoms with Crippen LogP contribution in [-0.2, 0) is 28.7 Å². The molecule has 0 rings (SSSR count). The van der Waals surface area contributed by atoms with Crippen molar-refractivity contribution < 1.29 is 28.7 Å². The molecule has 9 nitrogen and oxygen atoms in total. The first-order chi connectivity index (χ1) is 10.2. The quantitative estimate of drug-likeness (QED) is 0.395. The number of esters is 2. The zero-order valence-electron chi connectivity index (χ0n) is 13.0. The predicted octanol–water partition coefficient (Wildman–Crippen LogP) is -0.0964. The number of nitrogens with one attached hydrogen (secondary N) is 1. The molecule has 0 aliphatic carbocycles. The molecule has 0 heterocycles. The number of carbonyl (C=O) groups excluding carboxylic acids is 3. The molecule has 0 saturated carbocycles. The van der Waals surface area contributed by atoms with Crippen molar-refractivity contribution >= 4 is 23.6 Å². The number of hydrogen-bond acceptors (Lipinski definition) is 8. The Morgan fingerprint density at radius 3 is 2.36 bits per heavy atom. The second-order valence-electron chi connectivity index (χ2n) is 4.90. The molecule has 0 aromatic rings. The smallest absolute Gasteiger partial charge is 0.347 e. The van der Waals surface area contributed by atoms with E-state index in [-0.39, 0.29) is 6.61 Å². The Labute approximate surface area is 128 Å². The monoisotopic (exact) mass is 313 g/mol. The lowest BCUT2D eigenvalue weighted by atomic mass is 10.2. The van der Waals surface area contributed by atoms with Gasteiger partial charge in [-0.2, -0.15) is 5.26 Å². The third-order valence-corrected chi connectivity index (χ3v) is 1.78. The van der Waals surface area contributed by atoms with Crippen LogP contribution in [0.3, 0.4) is 0 Å². The van der Waals surface area contributed by atoms with Gasteiger partial charge in [-0.05, 0) is 27.7 Å². The highest BCUT2D eigenvalue weighted by Crippen LogP contribution is 2.06. The van der Waals surface area contributed by atoms with E-state index in [0.29, 0.717) is 0 Å². The summed E-state index contributed by atoms with van der Waals surface area (Å²) in [6.07, 6.45) is 0.